The number of carbonyl (C=O) groups is 5. The molecule has 0 aromatic heterocycles. The van der Waals surface area contributed by atoms with Crippen molar-refractivity contribution < 1.29 is 33.4 Å². The van der Waals surface area contributed by atoms with Gasteiger partial charge in [0.2, 0.25) is 5.91 Å². The Balaban J connectivity index is 1.47. The molecule has 1 fully saturated rings. The number of nitrogens with one attached hydrogen (secondary N) is 2. The standard InChI is InChI=1S/C23H22ClN3O7/c1-2-33-22(31)14-7-9-16(10-8-14)27-12-15(11-20(27)29)23(32)34-13-19(28)25-26-21(30)17-5-3-4-6-18(17)24/h3-10,15H,2,11-13H2,1H3,(H,25,28)(H,26,30)/t15-/m0/s1. The SMILES string of the molecule is CCOC(=O)c1ccc(N2C[C@@H](C(=O)OCC(=O)NNC(=O)c3ccccc3Cl)CC2=O)cc1. The van der Waals surface area contributed by atoms with Crippen LogP contribution in [0.25, 0.3) is 0 Å². The van der Waals surface area contributed by atoms with E-state index in [0.717, 1.165) is 0 Å². The third kappa shape index (κ3) is 6.10. The average molecular weight is 488 g/mol. The van der Waals surface area contributed by atoms with Crippen molar-refractivity contribution >= 4 is 46.9 Å². The highest BCUT2D eigenvalue weighted by molar-refractivity contribution is 6.33. The zero-order valence-corrected chi connectivity index (χ0v) is 19.0. The van der Waals surface area contributed by atoms with Crippen LogP contribution >= 0.6 is 11.6 Å². The molecule has 2 N–H and O–H groups in total. The molecule has 1 heterocycles. The predicted octanol–water partition coefficient (Wildman–Crippen LogP) is 1.87. The second kappa shape index (κ2) is 11.3. The highest BCUT2D eigenvalue weighted by Gasteiger charge is 2.36. The highest BCUT2D eigenvalue weighted by Crippen LogP contribution is 2.26. The summed E-state index contributed by atoms with van der Waals surface area (Å²) in [4.78, 5) is 61.8. The van der Waals surface area contributed by atoms with Crippen molar-refractivity contribution in [1.29, 1.82) is 0 Å². The first-order chi connectivity index (χ1) is 16.3. The fraction of sp³-hybridized carbons (Fsp3) is 0.261. The number of benzene rings is 2. The summed E-state index contributed by atoms with van der Waals surface area (Å²) in [6.45, 7) is 1.39. The number of nitrogens with zero attached hydrogens (tertiary/aromatic N) is 1. The number of ether oxygens (including phenoxy) is 2. The number of hydrazine groups is 1. The molecule has 3 amide bonds. The van der Waals surface area contributed by atoms with Gasteiger partial charge in [-0.2, -0.15) is 0 Å². The van der Waals surface area contributed by atoms with Crippen LogP contribution in [-0.2, 0) is 23.9 Å². The zero-order valence-electron chi connectivity index (χ0n) is 18.2. The van der Waals surface area contributed by atoms with E-state index in [1.807, 2.05) is 0 Å². The van der Waals surface area contributed by atoms with Gasteiger partial charge in [0.1, 0.15) is 0 Å². The van der Waals surface area contributed by atoms with Gasteiger partial charge in [-0.05, 0) is 43.3 Å². The predicted molar refractivity (Wildman–Crippen MR) is 121 cm³/mol. The van der Waals surface area contributed by atoms with Crippen molar-refractivity contribution in [2.24, 2.45) is 5.92 Å². The summed E-state index contributed by atoms with van der Waals surface area (Å²) in [6.07, 6.45) is -0.0800. The van der Waals surface area contributed by atoms with Crippen LogP contribution in [0.2, 0.25) is 5.02 Å². The van der Waals surface area contributed by atoms with Crippen molar-refractivity contribution in [2.75, 3.05) is 24.7 Å². The Morgan fingerprint density at radius 2 is 1.74 bits per heavy atom. The van der Waals surface area contributed by atoms with Gasteiger partial charge in [-0.1, -0.05) is 23.7 Å². The summed E-state index contributed by atoms with van der Waals surface area (Å²) < 4.78 is 9.92. The summed E-state index contributed by atoms with van der Waals surface area (Å²) in [5, 5.41) is 0.215. The van der Waals surface area contributed by atoms with Crippen LogP contribution in [-0.4, -0.2) is 49.4 Å². The molecule has 3 rings (SSSR count). The van der Waals surface area contributed by atoms with E-state index < -0.39 is 36.3 Å². The lowest BCUT2D eigenvalue weighted by Crippen LogP contribution is -2.44. The molecule has 0 bridgehead atoms. The molecule has 178 valence electrons. The number of anilines is 1. The van der Waals surface area contributed by atoms with Crippen molar-refractivity contribution in [3.8, 4) is 0 Å². The first-order valence-electron chi connectivity index (χ1n) is 10.4. The minimum absolute atomic E-state index is 0.0707. The Bertz CT molecular complexity index is 1100. The number of hydrogen-bond acceptors (Lipinski definition) is 7. The van der Waals surface area contributed by atoms with Gasteiger partial charge < -0.3 is 14.4 Å². The van der Waals surface area contributed by atoms with Crippen LogP contribution in [0.1, 0.15) is 34.1 Å². The number of esters is 2. The Kier molecular flexibility index (Phi) is 8.20. The second-order valence-electron chi connectivity index (χ2n) is 7.26. The Morgan fingerprint density at radius 3 is 2.41 bits per heavy atom. The lowest BCUT2D eigenvalue weighted by molar-refractivity contribution is -0.152. The average Bonchev–Trinajstić information content (AvgIpc) is 3.23. The number of halogens is 1. The number of hydrogen-bond donors (Lipinski definition) is 2. The topological polar surface area (TPSA) is 131 Å². The molecule has 10 nitrogen and oxygen atoms in total. The van der Waals surface area contributed by atoms with Crippen LogP contribution in [0.3, 0.4) is 0 Å². The third-order valence-corrected chi connectivity index (χ3v) is 5.26. The van der Waals surface area contributed by atoms with E-state index in [1.165, 1.54) is 29.2 Å². The molecular formula is C23H22ClN3O7. The van der Waals surface area contributed by atoms with Gasteiger partial charge in [0.05, 0.1) is 28.7 Å². The molecule has 0 spiro atoms. The largest absolute Gasteiger partial charge is 0.462 e. The third-order valence-electron chi connectivity index (χ3n) is 4.93. The monoisotopic (exact) mass is 487 g/mol. The minimum Gasteiger partial charge on any atom is -0.462 e. The maximum absolute atomic E-state index is 12.4. The second-order valence-corrected chi connectivity index (χ2v) is 7.67. The molecule has 2 aromatic rings. The van der Waals surface area contributed by atoms with Gasteiger partial charge in [-0.25, -0.2) is 4.79 Å². The van der Waals surface area contributed by atoms with E-state index in [4.69, 9.17) is 21.1 Å². The summed E-state index contributed by atoms with van der Waals surface area (Å²) in [5.41, 5.74) is 5.35. The molecule has 1 saturated heterocycles. The molecule has 1 atom stereocenters. The first-order valence-corrected chi connectivity index (χ1v) is 10.8. The minimum atomic E-state index is -0.761. The number of carbonyl (C=O) groups excluding carboxylic acids is 5. The molecule has 0 saturated carbocycles. The first kappa shape index (κ1) is 24.7. The van der Waals surface area contributed by atoms with Gasteiger partial charge >= 0.3 is 11.9 Å². The summed E-state index contributed by atoms with van der Waals surface area (Å²) >= 11 is 5.92. The molecule has 0 radical (unpaired) electrons. The number of rotatable bonds is 7. The lowest BCUT2D eigenvalue weighted by atomic mass is 10.1. The zero-order chi connectivity index (χ0) is 24.7. The molecular weight excluding hydrogens is 466 g/mol. The Morgan fingerprint density at radius 1 is 1.03 bits per heavy atom. The molecule has 34 heavy (non-hydrogen) atoms. The summed E-state index contributed by atoms with van der Waals surface area (Å²) in [6, 6.07) is 12.5. The molecule has 2 aromatic carbocycles. The maximum Gasteiger partial charge on any atom is 0.338 e. The van der Waals surface area contributed by atoms with Crippen LogP contribution in [0.5, 0.6) is 0 Å². The highest BCUT2D eigenvalue weighted by atomic mass is 35.5. The molecule has 11 heteroatoms. The molecule has 1 aliphatic heterocycles. The smallest absolute Gasteiger partial charge is 0.338 e. The van der Waals surface area contributed by atoms with E-state index in [9.17, 15) is 24.0 Å². The summed E-state index contributed by atoms with van der Waals surface area (Å²) in [7, 11) is 0. The van der Waals surface area contributed by atoms with Gasteiger partial charge in [-0.3, -0.25) is 30.0 Å². The quantitative estimate of drug-likeness (QED) is 0.450. The van der Waals surface area contributed by atoms with Gasteiger partial charge in [0.25, 0.3) is 11.8 Å². The normalized spacial score (nSPS) is 14.9. The molecule has 1 aliphatic rings. The molecule has 0 unspecified atom stereocenters. The van der Waals surface area contributed by atoms with Gasteiger partial charge in [-0.15, -0.1) is 0 Å². The van der Waals surface area contributed by atoms with Gasteiger partial charge in [0.15, 0.2) is 6.61 Å². The van der Waals surface area contributed by atoms with E-state index >= 15 is 0 Å². The molecule has 0 aliphatic carbocycles. The van der Waals surface area contributed by atoms with Crippen LogP contribution < -0.4 is 15.8 Å². The van der Waals surface area contributed by atoms with E-state index in [2.05, 4.69) is 10.9 Å². The van der Waals surface area contributed by atoms with Crippen molar-refractivity contribution in [3.05, 3.63) is 64.7 Å². The van der Waals surface area contributed by atoms with Crippen molar-refractivity contribution in [2.45, 2.75) is 13.3 Å². The van der Waals surface area contributed by atoms with Crippen LogP contribution in [0.4, 0.5) is 5.69 Å². The van der Waals surface area contributed by atoms with Crippen molar-refractivity contribution in [1.82, 2.24) is 10.9 Å². The van der Waals surface area contributed by atoms with E-state index in [1.54, 1.807) is 31.2 Å². The van der Waals surface area contributed by atoms with Crippen LogP contribution in [0.15, 0.2) is 48.5 Å². The maximum atomic E-state index is 12.4. The van der Waals surface area contributed by atoms with Gasteiger partial charge in [0, 0.05) is 18.7 Å². The number of amides is 3. The van der Waals surface area contributed by atoms with Crippen molar-refractivity contribution in [3.63, 3.8) is 0 Å². The lowest BCUT2D eigenvalue weighted by Gasteiger charge is -2.17. The Labute approximate surface area is 200 Å². The summed E-state index contributed by atoms with van der Waals surface area (Å²) in [5.74, 6) is -3.62. The van der Waals surface area contributed by atoms with E-state index in [-0.39, 0.29) is 36.1 Å². The van der Waals surface area contributed by atoms with Crippen LogP contribution in [0, 0.1) is 5.92 Å². The fourth-order valence-corrected chi connectivity index (χ4v) is 3.46. The van der Waals surface area contributed by atoms with E-state index in [0.29, 0.717) is 11.3 Å². The fourth-order valence-electron chi connectivity index (χ4n) is 3.24. The Hall–Kier alpha value is -3.92.